The highest BCUT2D eigenvalue weighted by Crippen LogP contribution is 2.31. The molecule has 1 aliphatic heterocycles. The van der Waals surface area contributed by atoms with E-state index in [9.17, 15) is 14.7 Å². The summed E-state index contributed by atoms with van der Waals surface area (Å²) in [5.41, 5.74) is 2.09. The maximum absolute atomic E-state index is 12.2. The molecule has 0 radical (unpaired) electrons. The number of hydrogen-bond donors (Lipinski definition) is 3. The number of aliphatic hydroxyl groups excluding tert-OH is 1. The number of rotatable bonds is 3. The van der Waals surface area contributed by atoms with Crippen molar-refractivity contribution in [2.45, 2.75) is 38.3 Å². The summed E-state index contributed by atoms with van der Waals surface area (Å²) in [5, 5.41) is 16.0. The number of nitrogens with one attached hydrogen (secondary N) is 2. The van der Waals surface area contributed by atoms with Crippen LogP contribution in [0.3, 0.4) is 0 Å². The van der Waals surface area contributed by atoms with Gasteiger partial charge in [-0.15, -0.1) is 0 Å². The van der Waals surface area contributed by atoms with Gasteiger partial charge in [0.25, 0.3) is 0 Å². The summed E-state index contributed by atoms with van der Waals surface area (Å²) >= 11 is 0. The molecule has 130 valence electrons. The maximum Gasteiger partial charge on any atom is 0.315 e. The molecule has 0 bridgehead atoms. The predicted octanol–water partition coefficient (Wildman–Crippen LogP) is 1.20. The van der Waals surface area contributed by atoms with E-state index in [1.807, 2.05) is 29.2 Å². The van der Waals surface area contributed by atoms with Gasteiger partial charge in [-0.3, -0.25) is 4.79 Å². The lowest BCUT2D eigenvalue weighted by molar-refractivity contribution is -0.130. The number of fused-ring (bicyclic) bond motifs is 1. The van der Waals surface area contributed by atoms with Crippen molar-refractivity contribution in [2.24, 2.45) is 5.92 Å². The minimum Gasteiger partial charge on any atom is -0.390 e. The summed E-state index contributed by atoms with van der Waals surface area (Å²) in [5.74, 6) is 0.514. The zero-order valence-electron chi connectivity index (χ0n) is 14.0. The van der Waals surface area contributed by atoms with Gasteiger partial charge in [-0.05, 0) is 29.9 Å². The number of hydrogen-bond acceptors (Lipinski definition) is 3. The Bertz CT molecular complexity index is 611. The summed E-state index contributed by atoms with van der Waals surface area (Å²) in [6, 6.07) is 7.22. The first kappa shape index (κ1) is 16.8. The van der Waals surface area contributed by atoms with Gasteiger partial charge < -0.3 is 20.6 Å². The molecule has 1 heterocycles. The molecule has 6 heteroatoms. The molecule has 0 spiro atoms. The van der Waals surface area contributed by atoms with Crippen LogP contribution < -0.4 is 10.6 Å². The molecular weight excluding hydrogens is 306 g/mol. The van der Waals surface area contributed by atoms with Crippen LogP contribution in [-0.2, 0) is 11.2 Å². The quantitative estimate of drug-likeness (QED) is 0.778. The van der Waals surface area contributed by atoms with Gasteiger partial charge in [0, 0.05) is 33.0 Å². The Kier molecular flexibility index (Phi) is 5.04. The van der Waals surface area contributed by atoms with E-state index in [1.54, 1.807) is 6.92 Å². The van der Waals surface area contributed by atoms with Gasteiger partial charge in [-0.25, -0.2) is 4.79 Å². The van der Waals surface area contributed by atoms with Gasteiger partial charge in [0.15, 0.2) is 0 Å². The van der Waals surface area contributed by atoms with Crippen molar-refractivity contribution >= 4 is 11.9 Å². The van der Waals surface area contributed by atoms with Crippen molar-refractivity contribution in [2.75, 3.05) is 19.6 Å². The minimum atomic E-state index is -0.577. The second-order valence-corrected chi connectivity index (χ2v) is 6.75. The Morgan fingerprint density at radius 1 is 1.25 bits per heavy atom. The first-order chi connectivity index (χ1) is 11.5. The Morgan fingerprint density at radius 2 is 1.96 bits per heavy atom. The first-order valence-corrected chi connectivity index (χ1v) is 8.60. The molecule has 1 aliphatic carbocycles. The highest BCUT2D eigenvalue weighted by molar-refractivity contribution is 5.75. The Hall–Kier alpha value is -2.08. The van der Waals surface area contributed by atoms with E-state index in [2.05, 4.69) is 10.6 Å². The highest BCUT2D eigenvalue weighted by Gasteiger charge is 2.32. The monoisotopic (exact) mass is 331 g/mol. The van der Waals surface area contributed by atoms with Gasteiger partial charge in [0.1, 0.15) is 0 Å². The van der Waals surface area contributed by atoms with Crippen molar-refractivity contribution in [3.8, 4) is 0 Å². The molecule has 1 fully saturated rings. The molecule has 0 aromatic heterocycles. The molecule has 3 amide bonds. The number of nitrogens with zero attached hydrogens (tertiary/aromatic N) is 1. The molecule has 2 unspecified atom stereocenters. The molecule has 1 aromatic rings. The fourth-order valence-corrected chi connectivity index (χ4v) is 3.63. The van der Waals surface area contributed by atoms with Gasteiger partial charge >= 0.3 is 6.03 Å². The zero-order valence-corrected chi connectivity index (χ0v) is 14.0. The van der Waals surface area contributed by atoms with Gasteiger partial charge in [0.05, 0.1) is 12.1 Å². The summed E-state index contributed by atoms with van der Waals surface area (Å²) in [4.78, 5) is 25.3. The lowest BCUT2D eigenvalue weighted by Crippen LogP contribution is -2.45. The van der Waals surface area contributed by atoms with E-state index in [-0.39, 0.29) is 18.0 Å². The molecule has 3 N–H and O–H groups in total. The summed E-state index contributed by atoms with van der Waals surface area (Å²) in [6.07, 6.45) is 1.82. The lowest BCUT2D eigenvalue weighted by Gasteiger charge is -2.31. The van der Waals surface area contributed by atoms with E-state index < -0.39 is 6.10 Å². The summed E-state index contributed by atoms with van der Waals surface area (Å²) in [6.45, 7) is 3.72. The molecular formula is C18H25N3O3. The second-order valence-electron chi connectivity index (χ2n) is 6.75. The van der Waals surface area contributed by atoms with Crippen molar-refractivity contribution in [1.82, 2.24) is 15.5 Å². The standard InChI is InChI=1S/C18H25N3O3/c1-12(22)21-8-6-13(7-9-21)11-19-18(24)20-17-15-5-3-2-4-14(15)10-16(17)23/h2-5,13,16-17,23H,6-11H2,1H3,(H2,19,20,24). The average molecular weight is 331 g/mol. The van der Waals surface area contributed by atoms with E-state index in [4.69, 9.17) is 0 Å². The summed E-state index contributed by atoms with van der Waals surface area (Å²) in [7, 11) is 0. The van der Waals surface area contributed by atoms with Crippen LogP contribution in [0.25, 0.3) is 0 Å². The van der Waals surface area contributed by atoms with Crippen LogP contribution in [0, 0.1) is 5.92 Å². The van der Waals surface area contributed by atoms with Gasteiger partial charge in [0.2, 0.25) is 5.91 Å². The zero-order chi connectivity index (χ0) is 17.1. The number of carbonyl (C=O) groups excluding carboxylic acids is 2. The predicted molar refractivity (Wildman–Crippen MR) is 90.4 cm³/mol. The number of urea groups is 1. The number of likely N-dealkylation sites (tertiary alicyclic amines) is 1. The Labute approximate surface area is 142 Å². The third-order valence-corrected chi connectivity index (χ3v) is 5.10. The number of carbonyl (C=O) groups is 2. The van der Waals surface area contributed by atoms with E-state index in [1.165, 1.54) is 0 Å². The van der Waals surface area contributed by atoms with E-state index in [0.29, 0.717) is 18.9 Å². The molecule has 0 saturated carbocycles. The fraction of sp³-hybridized carbons (Fsp3) is 0.556. The minimum absolute atomic E-state index is 0.119. The van der Waals surface area contributed by atoms with Gasteiger partial charge in [-0.1, -0.05) is 24.3 Å². The molecule has 6 nitrogen and oxygen atoms in total. The van der Waals surface area contributed by atoms with Crippen LogP contribution in [0.2, 0.25) is 0 Å². The fourth-order valence-electron chi connectivity index (χ4n) is 3.63. The number of piperidine rings is 1. The molecule has 1 saturated heterocycles. The van der Waals surface area contributed by atoms with Crippen molar-refractivity contribution in [3.05, 3.63) is 35.4 Å². The maximum atomic E-state index is 12.2. The second kappa shape index (κ2) is 7.21. The third kappa shape index (κ3) is 3.70. The van der Waals surface area contributed by atoms with Crippen LogP contribution in [0.5, 0.6) is 0 Å². The van der Waals surface area contributed by atoms with Crippen LogP contribution in [0.4, 0.5) is 4.79 Å². The third-order valence-electron chi connectivity index (χ3n) is 5.10. The lowest BCUT2D eigenvalue weighted by atomic mass is 9.97. The first-order valence-electron chi connectivity index (χ1n) is 8.60. The van der Waals surface area contributed by atoms with E-state index in [0.717, 1.165) is 37.1 Å². The Morgan fingerprint density at radius 3 is 2.67 bits per heavy atom. The summed E-state index contributed by atoms with van der Waals surface area (Å²) < 4.78 is 0. The highest BCUT2D eigenvalue weighted by atomic mass is 16.3. The largest absolute Gasteiger partial charge is 0.390 e. The van der Waals surface area contributed by atoms with Crippen LogP contribution >= 0.6 is 0 Å². The molecule has 2 atom stereocenters. The molecule has 3 rings (SSSR count). The van der Waals surface area contributed by atoms with Crippen LogP contribution in [-0.4, -0.2) is 47.7 Å². The van der Waals surface area contributed by atoms with Gasteiger partial charge in [-0.2, -0.15) is 0 Å². The number of aliphatic hydroxyl groups is 1. The Balaban J connectivity index is 1.46. The molecule has 24 heavy (non-hydrogen) atoms. The number of benzene rings is 1. The van der Waals surface area contributed by atoms with Crippen molar-refractivity contribution < 1.29 is 14.7 Å². The number of amides is 3. The normalized spacial score (nSPS) is 23.7. The van der Waals surface area contributed by atoms with Crippen LogP contribution in [0.15, 0.2) is 24.3 Å². The van der Waals surface area contributed by atoms with E-state index >= 15 is 0 Å². The molecule has 1 aromatic carbocycles. The molecule has 2 aliphatic rings. The van der Waals surface area contributed by atoms with Crippen LogP contribution in [0.1, 0.15) is 36.9 Å². The van der Waals surface area contributed by atoms with Crippen molar-refractivity contribution in [1.29, 1.82) is 0 Å². The average Bonchev–Trinajstić information content (AvgIpc) is 2.89. The SMILES string of the molecule is CC(=O)N1CCC(CNC(=O)NC2c3ccccc3CC2O)CC1. The topological polar surface area (TPSA) is 81.7 Å². The van der Waals surface area contributed by atoms with Crippen molar-refractivity contribution in [3.63, 3.8) is 0 Å². The smallest absolute Gasteiger partial charge is 0.315 e.